The van der Waals surface area contributed by atoms with Crippen LogP contribution in [0.3, 0.4) is 0 Å². The normalized spacial score (nSPS) is 13.9. The molecular formula is C21H18N2Si. The second-order valence-corrected chi connectivity index (χ2v) is 11.2. The van der Waals surface area contributed by atoms with Crippen LogP contribution in [-0.2, 0) is 0 Å². The maximum atomic E-state index is 7.44. The predicted octanol–water partition coefficient (Wildman–Crippen LogP) is 4.41. The van der Waals surface area contributed by atoms with Gasteiger partial charge >= 0.3 is 0 Å². The van der Waals surface area contributed by atoms with Gasteiger partial charge in [0.15, 0.2) is 5.69 Å². The van der Waals surface area contributed by atoms with Crippen molar-refractivity contribution in [3.63, 3.8) is 0 Å². The van der Waals surface area contributed by atoms with Gasteiger partial charge in [-0.05, 0) is 40.9 Å². The molecule has 3 aromatic rings. The summed E-state index contributed by atoms with van der Waals surface area (Å²) in [6, 6.07) is 16.9. The lowest BCUT2D eigenvalue weighted by Gasteiger charge is -2.22. The summed E-state index contributed by atoms with van der Waals surface area (Å²) in [5.74, 6) is 0. The van der Waals surface area contributed by atoms with Crippen molar-refractivity contribution in [1.29, 1.82) is 0 Å². The highest BCUT2D eigenvalue weighted by atomic mass is 28.3. The van der Waals surface area contributed by atoms with Crippen LogP contribution in [0.1, 0.15) is 5.56 Å². The van der Waals surface area contributed by atoms with Crippen LogP contribution in [0.4, 0.5) is 5.69 Å². The fourth-order valence-electron chi connectivity index (χ4n) is 3.88. The largest absolute Gasteiger partial charge is 0.256 e. The molecule has 0 saturated heterocycles. The quantitative estimate of drug-likeness (QED) is 0.478. The number of nitrogens with zero attached hydrogens (tertiary/aromatic N) is 2. The molecule has 0 unspecified atom stereocenters. The first-order chi connectivity index (χ1) is 11.5. The molecule has 0 atom stereocenters. The molecule has 3 heteroatoms. The van der Waals surface area contributed by atoms with E-state index in [4.69, 9.17) is 6.57 Å². The molecule has 0 fully saturated rings. The minimum atomic E-state index is -1.86. The maximum Gasteiger partial charge on any atom is 0.190 e. The first-order valence-electron chi connectivity index (χ1n) is 8.12. The second kappa shape index (κ2) is 5.15. The van der Waals surface area contributed by atoms with E-state index in [9.17, 15) is 0 Å². The van der Waals surface area contributed by atoms with Crippen LogP contribution in [0.5, 0.6) is 0 Å². The first kappa shape index (κ1) is 14.9. The van der Waals surface area contributed by atoms with Gasteiger partial charge in [-0.25, -0.2) is 4.85 Å². The van der Waals surface area contributed by atoms with E-state index in [0.29, 0.717) is 0 Å². The molecule has 0 radical (unpaired) electrons. The van der Waals surface area contributed by atoms with Crippen molar-refractivity contribution in [2.45, 2.75) is 20.0 Å². The Labute approximate surface area is 143 Å². The second-order valence-electron chi connectivity index (χ2n) is 6.86. The van der Waals surface area contributed by atoms with Gasteiger partial charge in [0.25, 0.3) is 0 Å². The molecule has 0 bridgehead atoms. The third kappa shape index (κ3) is 1.97. The molecule has 0 saturated carbocycles. The third-order valence-electron chi connectivity index (χ3n) is 5.05. The minimum Gasteiger partial charge on any atom is -0.256 e. The van der Waals surface area contributed by atoms with Gasteiger partial charge in [-0.1, -0.05) is 54.7 Å². The summed E-state index contributed by atoms with van der Waals surface area (Å²) < 4.78 is 0. The lowest BCUT2D eigenvalue weighted by Crippen LogP contribution is -2.50. The molecule has 0 spiro atoms. The lowest BCUT2D eigenvalue weighted by atomic mass is 9.99. The van der Waals surface area contributed by atoms with Gasteiger partial charge < -0.3 is 0 Å². The predicted molar refractivity (Wildman–Crippen MR) is 103 cm³/mol. The highest BCUT2D eigenvalue weighted by Gasteiger charge is 2.39. The van der Waals surface area contributed by atoms with Gasteiger partial charge in [0.05, 0.1) is 12.3 Å². The standard InChI is InChI=1S/C21H18N2Si/c1-14-12-17-15-8-7-9-16(18-10-5-6-11-23-18)21(15)24(3,4)20(17)13-19(14)22-2/h5-13H,1,3-4H3. The number of rotatable bonds is 1. The van der Waals surface area contributed by atoms with E-state index in [1.807, 2.05) is 25.3 Å². The summed E-state index contributed by atoms with van der Waals surface area (Å²) in [6.07, 6.45) is 1.85. The van der Waals surface area contributed by atoms with E-state index in [-0.39, 0.29) is 0 Å². The van der Waals surface area contributed by atoms with E-state index in [1.54, 1.807) is 0 Å². The van der Waals surface area contributed by atoms with Crippen molar-refractivity contribution in [1.82, 2.24) is 4.98 Å². The van der Waals surface area contributed by atoms with Crippen molar-refractivity contribution >= 4 is 24.1 Å². The third-order valence-corrected chi connectivity index (χ3v) is 8.60. The Hall–Kier alpha value is -2.70. The van der Waals surface area contributed by atoms with Crippen LogP contribution < -0.4 is 10.4 Å². The lowest BCUT2D eigenvalue weighted by molar-refractivity contribution is 1.33. The Balaban J connectivity index is 2.05. The van der Waals surface area contributed by atoms with Crippen LogP contribution >= 0.6 is 0 Å². The number of aromatic nitrogens is 1. The van der Waals surface area contributed by atoms with Crippen LogP contribution in [0.2, 0.25) is 13.1 Å². The van der Waals surface area contributed by atoms with E-state index >= 15 is 0 Å². The first-order valence-corrected chi connectivity index (χ1v) is 11.1. The smallest absolute Gasteiger partial charge is 0.190 e. The van der Waals surface area contributed by atoms with Gasteiger partial charge in [0.1, 0.15) is 8.07 Å². The molecule has 1 aromatic heterocycles. The fraction of sp³-hybridized carbons (Fsp3) is 0.143. The summed E-state index contributed by atoms with van der Waals surface area (Å²) in [4.78, 5) is 8.30. The summed E-state index contributed by atoms with van der Waals surface area (Å²) in [5, 5.41) is 2.82. The number of hydrogen-bond acceptors (Lipinski definition) is 1. The molecule has 0 aliphatic carbocycles. The zero-order valence-corrected chi connectivity index (χ0v) is 15.1. The summed E-state index contributed by atoms with van der Waals surface area (Å²) in [7, 11) is -1.86. The Morgan fingerprint density at radius 1 is 0.958 bits per heavy atom. The van der Waals surface area contributed by atoms with Gasteiger partial charge in [-0.3, -0.25) is 4.98 Å². The molecule has 24 heavy (non-hydrogen) atoms. The molecule has 4 rings (SSSR count). The van der Waals surface area contributed by atoms with Crippen molar-refractivity contribution in [2.24, 2.45) is 0 Å². The summed E-state index contributed by atoms with van der Waals surface area (Å²) in [6.45, 7) is 14.2. The molecule has 0 amide bonds. The number of fused-ring (bicyclic) bond motifs is 3. The number of aryl methyl sites for hydroxylation is 1. The Morgan fingerprint density at radius 3 is 2.46 bits per heavy atom. The monoisotopic (exact) mass is 326 g/mol. The van der Waals surface area contributed by atoms with Crippen molar-refractivity contribution < 1.29 is 0 Å². The molecule has 1 aliphatic rings. The highest BCUT2D eigenvalue weighted by molar-refractivity contribution is 7.04. The minimum absolute atomic E-state index is 0.779. The van der Waals surface area contributed by atoms with E-state index < -0.39 is 8.07 Å². The topological polar surface area (TPSA) is 17.2 Å². The SMILES string of the molecule is [C-]#[N+]c1cc2c(cc1C)-c1cccc(-c3ccccn3)c1[Si]2(C)C. The molecule has 1 aliphatic heterocycles. The maximum absolute atomic E-state index is 7.44. The number of pyridine rings is 1. The average Bonchev–Trinajstić information content (AvgIpc) is 2.82. The van der Waals surface area contributed by atoms with Gasteiger partial charge in [0.2, 0.25) is 0 Å². The molecule has 2 nitrogen and oxygen atoms in total. The van der Waals surface area contributed by atoms with Crippen LogP contribution in [0, 0.1) is 13.5 Å². The molecule has 116 valence electrons. The average molecular weight is 326 g/mol. The van der Waals surface area contributed by atoms with E-state index in [0.717, 1.165) is 16.9 Å². The van der Waals surface area contributed by atoms with Gasteiger partial charge in [-0.2, -0.15) is 0 Å². The Kier molecular flexibility index (Phi) is 3.19. The summed E-state index contributed by atoms with van der Waals surface area (Å²) in [5.41, 5.74) is 6.74. The van der Waals surface area contributed by atoms with Crippen LogP contribution in [0.15, 0.2) is 54.7 Å². The number of hydrogen-bond donors (Lipinski definition) is 0. The van der Waals surface area contributed by atoms with Gasteiger partial charge in [-0.15, -0.1) is 0 Å². The van der Waals surface area contributed by atoms with Crippen molar-refractivity contribution in [3.8, 4) is 22.4 Å². The molecular weight excluding hydrogens is 308 g/mol. The Morgan fingerprint density at radius 2 is 1.75 bits per heavy atom. The fourth-order valence-corrected chi connectivity index (χ4v) is 7.30. The highest BCUT2D eigenvalue weighted by Crippen LogP contribution is 2.35. The number of benzene rings is 2. The summed E-state index contributed by atoms with van der Waals surface area (Å²) >= 11 is 0. The zero-order chi connectivity index (χ0) is 16.9. The van der Waals surface area contributed by atoms with Gasteiger partial charge in [0, 0.05) is 11.8 Å². The molecule has 0 N–H and O–H groups in total. The van der Waals surface area contributed by atoms with E-state index in [1.165, 1.54) is 27.1 Å². The Bertz CT molecular complexity index is 998. The molecule has 2 aromatic carbocycles. The van der Waals surface area contributed by atoms with Crippen LogP contribution in [-0.4, -0.2) is 13.1 Å². The van der Waals surface area contributed by atoms with Crippen molar-refractivity contribution in [2.75, 3.05) is 0 Å². The van der Waals surface area contributed by atoms with Crippen molar-refractivity contribution in [3.05, 3.63) is 71.7 Å². The molecule has 2 heterocycles. The van der Waals surface area contributed by atoms with Crippen LogP contribution in [0.25, 0.3) is 27.2 Å². The zero-order valence-electron chi connectivity index (χ0n) is 14.1. The van der Waals surface area contributed by atoms with E-state index in [2.05, 4.69) is 59.3 Å².